The Morgan fingerprint density at radius 3 is 2.32 bits per heavy atom. The van der Waals surface area contributed by atoms with E-state index < -0.39 is 6.04 Å². The lowest BCUT2D eigenvalue weighted by atomic mass is 9.86. The van der Waals surface area contributed by atoms with Crippen LogP contribution in [0.1, 0.15) is 57.7 Å². The van der Waals surface area contributed by atoms with E-state index in [2.05, 4.69) is 50.4 Å². The molecule has 2 amide bonds. The number of ether oxygens (including phenoxy) is 1. The Morgan fingerprint density at radius 1 is 1.06 bits per heavy atom. The van der Waals surface area contributed by atoms with Gasteiger partial charge in [-0.15, -0.1) is 0 Å². The predicted octanol–water partition coefficient (Wildman–Crippen LogP) is 4.48. The van der Waals surface area contributed by atoms with Crippen molar-refractivity contribution in [3.63, 3.8) is 0 Å². The maximum absolute atomic E-state index is 13.2. The van der Waals surface area contributed by atoms with E-state index in [1.54, 1.807) is 18.9 Å². The second kappa shape index (κ2) is 11.0. The average Bonchev–Trinajstić information content (AvgIpc) is 2.75. The highest BCUT2D eigenvalue weighted by Gasteiger charge is 2.25. The fraction of sp³-hybridized carbons (Fsp3) is 0.462. The quantitative estimate of drug-likeness (QED) is 0.646. The molecule has 0 saturated carbocycles. The van der Waals surface area contributed by atoms with Crippen LogP contribution in [0.5, 0.6) is 5.75 Å². The third-order valence-corrected chi connectivity index (χ3v) is 5.45. The normalized spacial score (nSPS) is 12.2. The van der Waals surface area contributed by atoms with Gasteiger partial charge in [-0.1, -0.05) is 57.2 Å². The first-order chi connectivity index (χ1) is 14.7. The summed E-state index contributed by atoms with van der Waals surface area (Å²) in [6, 6.07) is 15.5. The second-order valence-electron chi connectivity index (χ2n) is 8.89. The zero-order valence-corrected chi connectivity index (χ0v) is 19.7. The number of hydrogen-bond donors (Lipinski definition) is 1. The van der Waals surface area contributed by atoms with Gasteiger partial charge in [-0.2, -0.15) is 0 Å². The number of likely N-dealkylation sites (N-methyl/N-ethyl adjacent to an activating group) is 1. The molecule has 5 nitrogen and oxygen atoms in total. The highest BCUT2D eigenvalue weighted by Crippen LogP contribution is 2.23. The molecule has 2 aromatic rings. The molecule has 0 spiro atoms. The molecule has 0 aliphatic heterocycles. The predicted molar refractivity (Wildman–Crippen MR) is 125 cm³/mol. The molecule has 1 atom stereocenters. The van der Waals surface area contributed by atoms with Crippen molar-refractivity contribution in [3.05, 3.63) is 65.2 Å². The van der Waals surface area contributed by atoms with Crippen molar-refractivity contribution >= 4 is 11.8 Å². The number of benzene rings is 2. The van der Waals surface area contributed by atoms with E-state index in [0.717, 1.165) is 16.9 Å². The number of hydrogen-bond acceptors (Lipinski definition) is 3. The minimum Gasteiger partial charge on any atom is -0.497 e. The summed E-state index contributed by atoms with van der Waals surface area (Å²) in [7, 11) is 1.62. The SMILES string of the molecule is CCNC(=O)C(C)N(Cc1cccc(OC)c1)C(=O)CCc1ccc(C(C)(C)C)cc1. The van der Waals surface area contributed by atoms with Gasteiger partial charge in [0.15, 0.2) is 0 Å². The number of amides is 2. The first-order valence-corrected chi connectivity index (χ1v) is 10.9. The van der Waals surface area contributed by atoms with Crippen molar-refractivity contribution in [3.8, 4) is 5.75 Å². The Bertz CT molecular complexity index is 869. The zero-order chi connectivity index (χ0) is 23.0. The van der Waals surface area contributed by atoms with Crippen LogP contribution in [0.15, 0.2) is 48.5 Å². The molecule has 0 bridgehead atoms. The Hall–Kier alpha value is -2.82. The third kappa shape index (κ3) is 7.12. The van der Waals surface area contributed by atoms with Gasteiger partial charge in [0.2, 0.25) is 11.8 Å². The molecule has 0 aliphatic carbocycles. The molecule has 5 heteroatoms. The lowest BCUT2D eigenvalue weighted by Gasteiger charge is -2.29. The fourth-order valence-electron chi connectivity index (χ4n) is 3.44. The van der Waals surface area contributed by atoms with Crippen LogP contribution >= 0.6 is 0 Å². The number of carbonyl (C=O) groups is 2. The molecule has 168 valence electrons. The van der Waals surface area contributed by atoms with Crippen LogP contribution in [-0.2, 0) is 28.0 Å². The molecular formula is C26H36N2O3. The molecule has 1 unspecified atom stereocenters. The van der Waals surface area contributed by atoms with Gasteiger partial charge in [-0.25, -0.2) is 0 Å². The van der Waals surface area contributed by atoms with Crippen LogP contribution in [0, 0.1) is 0 Å². The van der Waals surface area contributed by atoms with E-state index in [-0.39, 0.29) is 17.2 Å². The van der Waals surface area contributed by atoms with E-state index in [1.165, 1.54) is 5.56 Å². The van der Waals surface area contributed by atoms with Gasteiger partial charge in [-0.3, -0.25) is 9.59 Å². The fourth-order valence-corrected chi connectivity index (χ4v) is 3.44. The molecule has 0 saturated heterocycles. The molecule has 0 heterocycles. The number of nitrogens with zero attached hydrogens (tertiary/aromatic N) is 1. The van der Waals surface area contributed by atoms with Crippen molar-refractivity contribution in [2.75, 3.05) is 13.7 Å². The number of aryl methyl sites for hydroxylation is 1. The monoisotopic (exact) mass is 424 g/mol. The van der Waals surface area contributed by atoms with Gasteiger partial charge < -0.3 is 15.0 Å². The van der Waals surface area contributed by atoms with Crippen LogP contribution in [0.4, 0.5) is 0 Å². The lowest BCUT2D eigenvalue weighted by molar-refractivity contribution is -0.140. The van der Waals surface area contributed by atoms with Crippen LogP contribution in [0.3, 0.4) is 0 Å². The van der Waals surface area contributed by atoms with Crippen LogP contribution in [0.2, 0.25) is 0 Å². The number of nitrogens with one attached hydrogen (secondary N) is 1. The first kappa shape index (κ1) is 24.4. The maximum atomic E-state index is 13.2. The molecule has 2 rings (SSSR count). The van der Waals surface area contributed by atoms with E-state index in [0.29, 0.717) is 25.9 Å². The van der Waals surface area contributed by atoms with Gasteiger partial charge in [0.1, 0.15) is 11.8 Å². The minimum atomic E-state index is -0.554. The first-order valence-electron chi connectivity index (χ1n) is 10.9. The summed E-state index contributed by atoms with van der Waals surface area (Å²) in [5, 5.41) is 2.83. The van der Waals surface area contributed by atoms with Gasteiger partial charge in [0, 0.05) is 19.5 Å². The van der Waals surface area contributed by atoms with Crippen LogP contribution < -0.4 is 10.1 Å². The van der Waals surface area contributed by atoms with Crippen molar-refractivity contribution in [2.45, 2.75) is 65.5 Å². The van der Waals surface area contributed by atoms with Crippen molar-refractivity contribution in [1.82, 2.24) is 10.2 Å². The Morgan fingerprint density at radius 2 is 1.74 bits per heavy atom. The van der Waals surface area contributed by atoms with Crippen molar-refractivity contribution < 1.29 is 14.3 Å². The van der Waals surface area contributed by atoms with Crippen molar-refractivity contribution in [2.24, 2.45) is 0 Å². The number of carbonyl (C=O) groups excluding carboxylic acids is 2. The van der Waals surface area contributed by atoms with E-state index >= 15 is 0 Å². The van der Waals surface area contributed by atoms with Crippen molar-refractivity contribution in [1.29, 1.82) is 0 Å². The summed E-state index contributed by atoms with van der Waals surface area (Å²) >= 11 is 0. The van der Waals surface area contributed by atoms with Gasteiger partial charge >= 0.3 is 0 Å². The molecule has 0 radical (unpaired) electrons. The van der Waals surface area contributed by atoms with E-state index in [1.807, 2.05) is 31.2 Å². The molecule has 31 heavy (non-hydrogen) atoms. The molecule has 1 N–H and O–H groups in total. The molecular weight excluding hydrogens is 388 g/mol. The Kier molecular flexibility index (Phi) is 8.66. The zero-order valence-electron chi connectivity index (χ0n) is 19.7. The second-order valence-corrected chi connectivity index (χ2v) is 8.89. The number of methoxy groups -OCH3 is 1. The number of rotatable bonds is 9. The lowest BCUT2D eigenvalue weighted by Crippen LogP contribution is -2.47. The summed E-state index contributed by atoms with van der Waals surface area (Å²) < 4.78 is 5.30. The van der Waals surface area contributed by atoms with Crippen LogP contribution in [0.25, 0.3) is 0 Å². The minimum absolute atomic E-state index is 0.0403. The summed E-state index contributed by atoms with van der Waals surface area (Å²) in [6.45, 7) is 11.1. The summed E-state index contributed by atoms with van der Waals surface area (Å²) in [5.41, 5.74) is 3.42. The van der Waals surface area contributed by atoms with Gasteiger partial charge in [0.25, 0.3) is 0 Å². The largest absolute Gasteiger partial charge is 0.497 e. The topological polar surface area (TPSA) is 58.6 Å². The van der Waals surface area contributed by atoms with E-state index in [4.69, 9.17) is 4.74 Å². The van der Waals surface area contributed by atoms with Crippen LogP contribution in [-0.4, -0.2) is 36.4 Å². The standard InChI is InChI=1S/C26H36N2O3/c1-7-27-25(30)19(2)28(18-21-9-8-10-23(17-21)31-6)24(29)16-13-20-11-14-22(15-12-20)26(3,4)5/h8-12,14-15,17,19H,7,13,16,18H2,1-6H3,(H,27,30). The summed E-state index contributed by atoms with van der Waals surface area (Å²) in [4.78, 5) is 27.3. The smallest absolute Gasteiger partial charge is 0.242 e. The summed E-state index contributed by atoms with van der Waals surface area (Å²) in [5.74, 6) is 0.546. The summed E-state index contributed by atoms with van der Waals surface area (Å²) in [6.07, 6.45) is 0.989. The highest BCUT2D eigenvalue weighted by atomic mass is 16.5. The molecule has 0 aliphatic rings. The molecule has 0 aromatic heterocycles. The molecule has 2 aromatic carbocycles. The Balaban J connectivity index is 2.14. The third-order valence-electron chi connectivity index (χ3n) is 5.45. The molecule has 0 fully saturated rings. The van der Waals surface area contributed by atoms with Gasteiger partial charge in [-0.05, 0) is 54.5 Å². The van der Waals surface area contributed by atoms with E-state index in [9.17, 15) is 9.59 Å². The average molecular weight is 425 g/mol. The Labute approximate surface area is 186 Å². The highest BCUT2D eigenvalue weighted by molar-refractivity contribution is 5.87. The maximum Gasteiger partial charge on any atom is 0.242 e. The van der Waals surface area contributed by atoms with Gasteiger partial charge in [0.05, 0.1) is 7.11 Å².